The molecule has 7 heteroatoms. The predicted molar refractivity (Wildman–Crippen MR) is 107 cm³/mol. The number of likely N-dealkylation sites (tertiary alicyclic amines) is 2. The third-order valence-corrected chi connectivity index (χ3v) is 6.11. The smallest absolute Gasteiger partial charge is 0.146 e. The van der Waals surface area contributed by atoms with Gasteiger partial charge in [0.25, 0.3) is 0 Å². The van der Waals surface area contributed by atoms with Crippen LogP contribution in [0.4, 0.5) is 0 Å². The van der Waals surface area contributed by atoms with E-state index in [2.05, 4.69) is 37.7 Å². The zero-order valence-electron chi connectivity index (χ0n) is 16.7. The van der Waals surface area contributed by atoms with Gasteiger partial charge in [-0.1, -0.05) is 12.1 Å². The molecule has 152 valence electrons. The van der Waals surface area contributed by atoms with Crippen molar-refractivity contribution in [2.24, 2.45) is 7.05 Å². The van der Waals surface area contributed by atoms with Crippen LogP contribution in [0.25, 0.3) is 0 Å². The Morgan fingerprint density at radius 1 is 1.04 bits per heavy atom. The number of rotatable bonds is 5. The molecule has 1 aromatic heterocycles. The van der Waals surface area contributed by atoms with Crippen LogP contribution in [-0.4, -0.2) is 67.1 Å². The van der Waals surface area contributed by atoms with E-state index in [1.165, 1.54) is 0 Å². The molecule has 2 N–H and O–H groups in total. The zero-order chi connectivity index (χ0) is 19.5. The molecule has 1 aromatic carbocycles. The molecule has 2 saturated heterocycles. The van der Waals surface area contributed by atoms with Gasteiger partial charge in [0.15, 0.2) is 0 Å². The fourth-order valence-electron chi connectivity index (χ4n) is 4.47. The molecule has 0 spiro atoms. The summed E-state index contributed by atoms with van der Waals surface area (Å²) in [4.78, 5) is 4.80. The number of aromatic hydroxyl groups is 1. The van der Waals surface area contributed by atoms with Crippen LogP contribution in [0.5, 0.6) is 5.75 Å². The van der Waals surface area contributed by atoms with E-state index in [1.54, 1.807) is 6.07 Å². The minimum Gasteiger partial charge on any atom is -0.508 e. The van der Waals surface area contributed by atoms with Crippen molar-refractivity contribution in [2.45, 2.75) is 50.8 Å². The molecule has 7 nitrogen and oxygen atoms in total. The molecule has 4 rings (SSSR count). The number of hydrogen-bond acceptors (Lipinski definition) is 6. The monoisotopic (exact) mass is 385 g/mol. The number of hydrogen-bond donors (Lipinski definition) is 2. The number of aliphatic hydroxyl groups is 1. The van der Waals surface area contributed by atoms with Gasteiger partial charge in [0.05, 0.1) is 12.6 Å². The van der Waals surface area contributed by atoms with E-state index in [-0.39, 0.29) is 6.10 Å². The molecular formula is C21H31N5O2. The normalized spacial score (nSPS) is 22.6. The lowest BCUT2D eigenvalue weighted by Crippen LogP contribution is -2.36. The lowest BCUT2D eigenvalue weighted by atomic mass is 9.96. The van der Waals surface area contributed by atoms with Crippen LogP contribution in [0.15, 0.2) is 24.3 Å². The summed E-state index contributed by atoms with van der Waals surface area (Å²) in [5.41, 5.74) is 1.14. The highest BCUT2D eigenvalue weighted by Crippen LogP contribution is 2.27. The van der Waals surface area contributed by atoms with Crippen molar-refractivity contribution in [3.8, 4) is 5.75 Å². The van der Waals surface area contributed by atoms with Crippen molar-refractivity contribution >= 4 is 0 Å². The predicted octanol–water partition coefficient (Wildman–Crippen LogP) is 1.86. The summed E-state index contributed by atoms with van der Waals surface area (Å²) in [6, 6.07) is 7.53. The second kappa shape index (κ2) is 8.59. The SMILES string of the molecule is Cn1c(CN2CCC(O)CC2)nnc1C1CCCN(Cc2cccc(O)c2)C1. The largest absolute Gasteiger partial charge is 0.508 e. The molecule has 3 heterocycles. The van der Waals surface area contributed by atoms with Crippen LogP contribution in [0.1, 0.15) is 48.8 Å². The molecule has 0 amide bonds. The first kappa shape index (κ1) is 19.4. The minimum atomic E-state index is -0.147. The van der Waals surface area contributed by atoms with Crippen LogP contribution in [-0.2, 0) is 20.1 Å². The van der Waals surface area contributed by atoms with E-state index in [0.717, 1.165) is 82.2 Å². The Hall–Kier alpha value is -1.96. The van der Waals surface area contributed by atoms with Gasteiger partial charge in [-0.3, -0.25) is 9.80 Å². The second-order valence-electron chi connectivity index (χ2n) is 8.28. The average Bonchev–Trinajstić information content (AvgIpc) is 3.04. The third-order valence-electron chi connectivity index (χ3n) is 6.11. The molecule has 2 aromatic rings. The van der Waals surface area contributed by atoms with Crippen LogP contribution < -0.4 is 0 Å². The Morgan fingerprint density at radius 2 is 1.86 bits per heavy atom. The fourth-order valence-corrected chi connectivity index (χ4v) is 4.47. The molecule has 1 unspecified atom stereocenters. The molecule has 2 fully saturated rings. The summed E-state index contributed by atoms with van der Waals surface area (Å²) in [6.45, 7) is 5.54. The maximum atomic E-state index is 9.70. The first-order valence-corrected chi connectivity index (χ1v) is 10.4. The number of phenols is 1. The van der Waals surface area contributed by atoms with E-state index < -0.39 is 0 Å². The molecule has 0 bridgehead atoms. The van der Waals surface area contributed by atoms with Crippen molar-refractivity contribution in [3.63, 3.8) is 0 Å². The molecular weight excluding hydrogens is 354 g/mol. The first-order chi connectivity index (χ1) is 13.6. The number of nitrogens with zero attached hydrogens (tertiary/aromatic N) is 5. The Balaban J connectivity index is 1.39. The van der Waals surface area contributed by atoms with Crippen molar-refractivity contribution in [2.75, 3.05) is 26.2 Å². The van der Waals surface area contributed by atoms with Gasteiger partial charge < -0.3 is 14.8 Å². The molecule has 0 radical (unpaired) electrons. The van der Waals surface area contributed by atoms with Crippen LogP contribution in [0.2, 0.25) is 0 Å². The second-order valence-corrected chi connectivity index (χ2v) is 8.28. The van der Waals surface area contributed by atoms with Crippen LogP contribution >= 0.6 is 0 Å². The van der Waals surface area contributed by atoms with Crippen molar-refractivity contribution in [1.29, 1.82) is 0 Å². The Morgan fingerprint density at radius 3 is 2.64 bits per heavy atom. The molecule has 0 saturated carbocycles. The van der Waals surface area contributed by atoms with E-state index in [1.807, 2.05) is 12.1 Å². The average molecular weight is 386 g/mol. The minimum absolute atomic E-state index is 0.147. The molecule has 1 atom stereocenters. The maximum absolute atomic E-state index is 9.70. The van der Waals surface area contributed by atoms with Gasteiger partial charge in [-0.15, -0.1) is 10.2 Å². The zero-order valence-corrected chi connectivity index (χ0v) is 16.7. The Bertz CT molecular complexity index is 785. The third kappa shape index (κ3) is 4.54. The molecule has 0 aliphatic carbocycles. The summed E-state index contributed by atoms with van der Waals surface area (Å²) in [6.07, 6.45) is 3.83. The number of aromatic nitrogens is 3. The van der Waals surface area contributed by atoms with Gasteiger partial charge >= 0.3 is 0 Å². The van der Waals surface area contributed by atoms with Crippen molar-refractivity contribution < 1.29 is 10.2 Å². The van der Waals surface area contributed by atoms with Crippen molar-refractivity contribution in [3.05, 3.63) is 41.5 Å². The summed E-state index contributed by atoms with van der Waals surface area (Å²) in [7, 11) is 2.08. The molecule has 2 aliphatic rings. The van der Waals surface area contributed by atoms with E-state index in [0.29, 0.717) is 11.7 Å². The van der Waals surface area contributed by atoms with Crippen molar-refractivity contribution in [1.82, 2.24) is 24.6 Å². The van der Waals surface area contributed by atoms with Gasteiger partial charge in [0.1, 0.15) is 17.4 Å². The van der Waals surface area contributed by atoms with Crippen LogP contribution in [0.3, 0.4) is 0 Å². The maximum Gasteiger partial charge on any atom is 0.146 e. The quantitative estimate of drug-likeness (QED) is 0.818. The highest BCUT2D eigenvalue weighted by atomic mass is 16.3. The Labute approximate surface area is 166 Å². The standard InChI is InChI=1S/C21H31N5O2/c1-24-20(15-25-10-7-18(27)8-11-25)22-23-21(24)17-5-3-9-26(14-17)13-16-4-2-6-19(28)12-16/h2,4,6,12,17-18,27-28H,3,5,7-11,13-15H2,1H3. The highest BCUT2D eigenvalue weighted by Gasteiger charge is 2.27. The summed E-state index contributed by atoms with van der Waals surface area (Å²) in [5.74, 6) is 2.80. The van der Waals surface area contributed by atoms with E-state index in [4.69, 9.17) is 0 Å². The number of benzene rings is 1. The number of aliphatic hydroxyl groups excluding tert-OH is 1. The van der Waals surface area contributed by atoms with E-state index in [9.17, 15) is 10.2 Å². The van der Waals surface area contributed by atoms with E-state index >= 15 is 0 Å². The first-order valence-electron chi connectivity index (χ1n) is 10.4. The molecule has 28 heavy (non-hydrogen) atoms. The van der Waals surface area contributed by atoms with Gasteiger partial charge in [-0.2, -0.15) is 0 Å². The lowest BCUT2D eigenvalue weighted by molar-refractivity contribution is 0.0775. The van der Waals surface area contributed by atoms with Gasteiger partial charge in [-0.05, 0) is 49.9 Å². The summed E-state index contributed by atoms with van der Waals surface area (Å²) < 4.78 is 2.17. The van der Waals surface area contributed by atoms with Gasteiger partial charge in [-0.25, -0.2) is 0 Å². The number of piperidine rings is 2. The fraction of sp³-hybridized carbons (Fsp3) is 0.619. The lowest BCUT2D eigenvalue weighted by Gasteiger charge is -2.32. The summed E-state index contributed by atoms with van der Waals surface area (Å²) in [5, 5.41) is 28.4. The summed E-state index contributed by atoms with van der Waals surface area (Å²) >= 11 is 0. The number of phenolic OH excluding ortho intramolecular Hbond substituents is 1. The Kier molecular flexibility index (Phi) is 5.94. The highest BCUT2D eigenvalue weighted by molar-refractivity contribution is 5.27. The van der Waals surface area contributed by atoms with Gasteiger partial charge in [0, 0.05) is 39.1 Å². The van der Waals surface area contributed by atoms with Gasteiger partial charge in [0.2, 0.25) is 0 Å². The molecule has 2 aliphatic heterocycles. The van der Waals surface area contributed by atoms with Crippen LogP contribution in [0, 0.1) is 0 Å². The topological polar surface area (TPSA) is 77.7 Å².